The quantitative estimate of drug-likeness (QED) is 0.405. The smallest absolute Gasteiger partial charge is 0.250 e. The van der Waals surface area contributed by atoms with E-state index in [1.807, 2.05) is 18.3 Å². The van der Waals surface area contributed by atoms with Crippen molar-refractivity contribution in [1.29, 1.82) is 0 Å². The van der Waals surface area contributed by atoms with E-state index in [1.54, 1.807) is 24.8 Å². The molecule has 6 heteroatoms. The molecule has 6 nitrogen and oxygen atoms in total. The van der Waals surface area contributed by atoms with E-state index in [-0.39, 0.29) is 23.3 Å². The normalized spacial score (nSPS) is 19.3. The summed E-state index contributed by atoms with van der Waals surface area (Å²) in [5.74, 6) is 0.0884. The lowest BCUT2D eigenvalue weighted by Crippen LogP contribution is -2.47. The zero-order valence-corrected chi connectivity index (χ0v) is 22.6. The van der Waals surface area contributed by atoms with Crippen LogP contribution in [0.15, 0.2) is 71.7 Å². The van der Waals surface area contributed by atoms with Crippen molar-refractivity contribution in [2.75, 3.05) is 26.8 Å². The number of rotatable bonds is 10. The Hall–Kier alpha value is -3.22. The number of nitrogens with zero attached hydrogens (tertiary/aromatic N) is 2. The molecule has 2 fully saturated rings. The van der Waals surface area contributed by atoms with Crippen LogP contribution >= 0.6 is 0 Å². The molecule has 1 N–H and O–H groups in total. The first-order valence-corrected chi connectivity index (χ1v) is 13.9. The van der Waals surface area contributed by atoms with Crippen molar-refractivity contribution >= 4 is 5.91 Å². The third-order valence-corrected chi connectivity index (χ3v) is 7.95. The molecule has 0 unspecified atom stereocenters. The van der Waals surface area contributed by atoms with Gasteiger partial charge in [-0.1, -0.05) is 42.5 Å². The summed E-state index contributed by atoms with van der Waals surface area (Å²) in [7, 11) is 3.50. The Kier molecular flexibility index (Phi) is 8.40. The number of methoxy groups -OCH3 is 1. The van der Waals surface area contributed by atoms with Crippen molar-refractivity contribution in [3.63, 3.8) is 0 Å². The molecule has 3 aromatic rings. The summed E-state index contributed by atoms with van der Waals surface area (Å²) in [6.45, 7) is 2.85. The predicted molar refractivity (Wildman–Crippen MR) is 151 cm³/mol. The summed E-state index contributed by atoms with van der Waals surface area (Å²) in [6, 6.07) is 21.3. The molecule has 1 saturated carbocycles. The van der Waals surface area contributed by atoms with Gasteiger partial charge in [0.2, 0.25) is 5.91 Å². The Labute approximate surface area is 225 Å². The first-order chi connectivity index (χ1) is 18.5. The molecular formula is C32H39N3O3. The highest BCUT2D eigenvalue weighted by atomic mass is 16.5. The van der Waals surface area contributed by atoms with Crippen LogP contribution in [0.2, 0.25) is 0 Å². The van der Waals surface area contributed by atoms with Gasteiger partial charge in [0.15, 0.2) is 0 Å². The van der Waals surface area contributed by atoms with Crippen LogP contribution in [0.1, 0.15) is 48.3 Å². The molecule has 0 bridgehead atoms. The average molecular weight is 514 g/mol. The van der Waals surface area contributed by atoms with Crippen LogP contribution < -0.4 is 10.9 Å². The van der Waals surface area contributed by atoms with Crippen molar-refractivity contribution < 1.29 is 9.53 Å². The van der Waals surface area contributed by atoms with Gasteiger partial charge < -0.3 is 19.5 Å². The van der Waals surface area contributed by atoms with Gasteiger partial charge in [0, 0.05) is 52.2 Å². The Morgan fingerprint density at radius 2 is 1.82 bits per heavy atom. The maximum Gasteiger partial charge on any atom is 0.250 e. The van der Waals surface area contributed by atoms with Gasteiger partial charge in [0.1, 0.15) is 0 Å². The van der Waals surface area contributed by atoms with Gasteiger partial charge in [-0.05, 0) is 84.5 Å². The molecule has 2 aromatic carbocycles. The number of piperidine rings is 1. The lowest BCUT2D eigenvalue weighted by Gasteiger charge is -2.36. The van der Waals surface area contributed by atoms with Crippen LogP contribution in [0.3, 0.4) is 0 Å². The van der Waals surface area contributed by atoms with Gasteiger partial charge in [-0.2, -0.15) is 0 Å². The van der Waals surface area contributed by atoms with E-state index >= 15 is 0 Å². The minimum atomic E-state index is -0.171. The van der Waals surface area contributed by atoms with E-state index in [1.165, 1.54) is 22.3 Å². The van der Waals surface area contributed by atoms with Crippen LogP contribution in [0, 0.1) is 5.92 Å². The van der Waals surface area contributed by atoms with Crippen LogP contribution in [-0.2, 0) is 29.5 Å². The fourth-order valence-electron chi connectivity index (χ4n) is 5.71. The molecule has 2 heterocycles. The van der Waals surface area contributed by atoms with Crippen molar-refractivity contribution in [2.24, 2.45) is 13.0 Å². The number of amides is 1. The molecule has 5 rings (SSSR count). The number of carbonyl (C=O) groups is 1. The molecule has 200 valence electrons. The highest BCUT2D eigenvalue weighted by Crippen LogP contribution is 2.36. The summed E-state index contributed by atoms with van der Waals surface area (Å²) < 4.78 is 6.88. The van der Waals surface area contributed by atoms with E-state index in [0.717, 1.165) is 50.8 Å². The number of carbonyl (C=O) groups excluding carboxylic acids is 1. The van der Waals surface area contributed by atoms with Crippen molar-refractivity contribution in [1.82, 2.24) is 14.8 Å². The van der Waals surface area contributed by atoms with E-state index in [9.17, 15) is 9.59 Å². The Morgan fingerprint density at radius 3 is 2.55 bits per heavy atom. The van der Waals surface area contributed by atoms with Gasteiger partial charge in [0.25, 0.3) is 5.56 Å². The number of nitrogens with one attached hydrogen (secondary N) is 1. The van der Waals surface area contributed by atoms with Crippen molar-refractivity contribution in [3.05, 3.63) is 93.9 Å². The van der Waals surface area contributed by atoms with Crippen LogP contribution in [0.25, 0.3) is 11.1 Å². The molecule has 38 heavy (non-hydrogen) atoms. The summed E-state index contributed by atoms with van der Waals surface area (Å²) in [4.78, 5) is 28.6. The van der Waals surface area contributed by atoms with Gasteiger partial charge in [-0.25, -0.2) is 0 Å². The fraction of sp³-hybridized carbons (Fsp3) is 0.438. The summed E-state index contributed by atoms with van der Waals surface area (Å²) in [6.07, 6.45) is 6.69. The van der Waals surface area contributed by atoms with Crippen molar-refractivity contribution in [3.8, 4) is 11.1 Å². The molecule has 1 aromatic heterocycles. The Bertz CT molecular complexity index is 1300. The molecule has 1 aliphatic carbocycles. The van der Waals surface area contributed by atoms with Crippen LogP contribution in [0.4, 0.5) is 0 Å². The number of ether oxygens (including phenoxy) is 1. The number of aromatic nitrogens is 1. The highest BCUT2D eigenvalue weighted by Gasteiger charge is 2.40. The minimum Gasteiger partial charge on any atom is -0.385 e. The lowest BCUT2D eigenvalue weighted by molar-refractivity contribution is -0.138. The monoisotopic (exact) mass is 513 g/mol. The first kappa shape index (κ1) is 26.4. The second-order valence-electron chi connectivity index (χ2n) is 10.8. The maximum absolute atomic E-state index is 14.2. The highest BCUT2D eigenvalue weighted by molar-refractivity contribution is 5.81. The van der Waals surface area contributed by atoms with E-state index in [4.69, 9.17) is 4.74 Å². The zero-order chi connectivity index (χ0) is 26.5. The lowest BCUT2D eigenvalue weighted by atomic mass is 9.80. The average Bonchev–Trinajstić information content (AvgIpc) is 3.79. The summed E-state index contributed by atoms with van der Waals surface area (Å²) in [5, 5.41) is 3.45. The molecule has 1 aliphatic heterocycles. The zero-order valence-electron chi connectivity index (χ0n) is 22.6. The Balaban J connectivity index is 1.42. The third kappa shape index (κ3) is 6.25. The van der Waals surface area contributed by atoms with Crippen molar-refractivity contribution in [2.45, 2.75) is 50.6 Å². The number of aryl methyl sites for hydroxylation is 2. The standard InChI is InChI=1S/C32H39N3O3/c1-34-15-13-26(20-31(34)36)29-12-14-33-21-30(29)32(37)35(28-10-11-28)22-24-17-23(7-6-16-38-2)18-27(19-24)25-8-4-3-5-9-25/h3-5,8-9,13,15,17-20,28-30,33H,6-7,10-12,14,16,21-22H2,1-2H3/t29-,30+/m0/s1. The first-order valence-electron chi connectivity index (χ1n) is 13.9. The molecule has 0 radical (unpaired) electrons. The molecule has 1 amide bonds. The van der Waals surface area contributed by atoms with Crippen LogP contribution in [0.5, 0.6) is 0 Å². The maximum atomic E-state index is 14.2. The van der Waals surface area contributed by atoms with E-state index in [0.29, 0.717) is 19.1 Å². The van der Waals surface area contributed by atoms with Gasteiger partial charge >= 0.3 is 0 Å². The second kappa shape index (κ2) is 12.1. The van der Waals surface area contributed by atoms with Gasteiger partial charge in [-0.3, -0.25) is 9.59 Å². The van der Waals surface area contributed by atoms with Crippen LogP contribution in [-0.4, -0.2) is 48.2 Å². The number of hydrogen-bond acceptors (Lipinski definition) is 4. The number of benzene rings is 2. The summed E-state index contributed by atoms with van der Waals surface area (Å²) >= 11 is 0. The van der Waals surface area contributed by atoms with Gasteiger partial charge in [0.05, 0.1) is 5.92 Å². The predicted octanol–water partition coefficient (Wildman–Crippen LogP) is 4.52. The number of hydrogen-bond donors (Lipinski definition) is 1. The Morgan fingerprint density at radius 1 is 1.03 bits per heavy atom. The number of pyridine rings is 1. The SMILES string of the molecule is COCCCc1cc(CN(C(=O)[C@@H]2CNCC[C@H]2c2ccn(C)c(=O)c2)C2CC2)cc(-c2ccccc2)c1. The van der Waals surface area contributed by atoms with Gasteiger partial charge in [-0.15, -0.1) is 0 Å². The van der Waals surface area contributed by atoms with E-state index in [2.05, 4.69) is 52.7 Å². The fourth-order valence-corrected chi connectivity index (χ4v) is 5.71. The van der Waals surface area contributed by atoms with E-state index < -0.39 is 0 Å². The molecule has 2 atom stereocenters. The topological polar surface area (TPSA) is 63.6 Å². The molecule has 2 aliphatic rings. The largest absolute Gasteiger partial charge is 0.385 e. The molecular weight excluding hydrogens is 474 g/mol. The third-order valence-electron chi connectivity index (χ3n) is 7.95. The second-order valence-corrected chi connectivity index (χ2v) is 10.8. The molecule has 0 spiro atoms. The summed E-state index contributed by atoms with van der Waals surface area (Å²) in [5.41, 5.74) is 5.79. The molecule has 1 saturated heterocycles. The minimum absolute atomic E-state index is 0.0231.